The van der Waals surface area contributed by atoms with Gasteiger partial charge in [0.25, 0.3) is 0 Å². The second-order valence-corrected chi connectivity index (χ2v) is 10.1. The first-order chi connectivity index (χ1) is 18.5. The van der Waals surface area contributed by atoms with E-state index in [-0.39, 0.29) is 12.5 Å². The minimum absolute atomic E-state index is 0.121. The van der Waals surface area contributed by atoms with Crippen molar-refractivity contribution in [2.45, 2.75) is 26.2 Å². The number of hydrogen-bond donors (Lipinski definition) is 1. The number of allylic oxidation sites excluding steroid dienone is 1. The molecule has 2 aliphatic rings. The highest BCUT2D eigenvalue weighted by atomic mass is 16.5. The van der Waals surface area contributed by atoms with Crippen LogP contribution < -0.4 is 19.5 Å². The summed E-state index contributed by atoms with van der Waals surface area (Å²) in [5, 5.41) is 3.94. The van der Waals surface area contributed by atoms with Crippen LogP contribution in [0.2, 0.25) is 0 Å². The van der Waals surface area contributed by atoms with Gasteiger partial charge in [0.05, 0.1) is 38.9 Å². The number of carbonyl (C=O) groups is 1. The molecule has 0 unspecified atom stereocenters. The van der Waals surface area contributed by atoms with Crippen molar-refractivity contribution >= 4 is 22.9 Å². The Hall–Kier alpha value is -3.78. The fraction of sp³-hybridized carbons (Fsp3) is 0.400. The summed E-state index contributed by atoms with van der Waals surface area (Å²) < 4.78 is 23.3. The molecule has 1 aromatic heterocycles. The molecule has 8 nitrogen and oxygen atoms in total. The molecular formula is C30H35N3O5. The zero-order chi connectivity index (χ0) is 26.5. The van der Waals surface area contributed by atoms with Crippen molar-refractivity contribution in [3.05, 3.63) is 59.9 Å². The van der Waals surface area contributed by atoms with E-state index in [9.17, 15) is 4.79 Å². The van der Waals surface area contributed by atoms with Gasteiger partial charge in [0.15, 0.2) is 11.5 Å². The van der Waals surface area contributed by atoms with Crippen molar-refractivity contribution < 1.29 is 23.7 Å². The summed E-state index contributed by atoms with van der Waals surface area (Å²) in [4.78, 5) is 19.2. The van der Waals surface area contributed by atoms with Gasteiger partial charge in [-0.3, -0.25) is 9.78 Å². The first-order valence-corrected chi connectivity index (χ1v) is 13.1. The van der Waals surface area contributed by atoms with E-state index >= 15 is 0 Å². The second kappa shape index (κ2) is 11.3. The van der Waals surface area contributed by atoms with Crippen LogP contribution in [-0.2, 0) is 9.53 Å². The summed E-state index contributed by atoms with van der Waals surface area (Å²) in [6, 6.07) is 13.4. The number of rotatable bonds is 9. The number of ether oxygens (including phenoxy) is 4. The molecule has 0 saturated carbocycles. The maximum atomic E-state index is 12.7. The standard InChI is InChI=1S/C30H35N3O5/c1-21(31-2)15-22-5-4-6-23(16-22)38-26-7-11-32-25-18-28(27(35-3)17-24(25)26)37-14-8-29(34)33-12-9-30(10-13-33)19-36-20-30/h4-7,11,15-18,31H,8-10,12-14,19-20H2,1-3H3/b21-15-. The molecule has 1 N–H and O–H groups in total. The monoisotopic (exact) mass is 517 g/mol. The Bertz CT molecular complexity index is 1320. The van der Waals surface area contributed by atoms with Crippen LogP contribution in [0, 0.1) is 5.41 Å². The predicted molar refractivity (Wildman–Crippen MR) is 147 cm³/mol. The molecule has 2 aromatic carbocycles. The second-order valence-electron chi connectivity index (χ2n) is 10.1. The molecular weight excluding hydrogens is 482 g/mol. The molecule has 5 rings (SSSR count). The molecule has 2 fully saturated rings. The van der Waals surface area contributed by atoms with E-state index in [0.717, 1.165) is 67.1 Å². The molecule has 1 amide bonds. The van der Waals surface area contributed by atoms with Gasteiger partial charge in [-0.1, -0.05) is 12.1 Å². The third-order valence-electron chi connectivity index (χ3n) is 7.42. The van der Waals surface area contributed by atoms with Crippen molar-refractivity contribution in [2.75, 3.05) is 47.1 Å². The Kier molecular flexibility index (Phi) is 7.69. The van der Waals surface area contributed by atoms with Crippen LogP contribution in [0.5, 0.6) is 23.0 Å². The van der Waals surface area contributed by atoms with Gasteiger partial charge in [-0.25, -0.2) is 0 Å². The highest BCUT2D eigenvalue weighted by molar-refractivity contribution is 5.88. The molecule has 2 saturated heterocycles. The smallest absolute Gasteiger partial charge is 0.225 e. The van der Waals surface area contributed by atoms with E-state index in [4.69, 9.17) is 18.9 Å². The Balaban J connectivity index is 1.25. The third kappa shape index (κ3) is 5.70. The van der Waals surface area contributed by atoms with Gasteiger partial charge in [0.2, 0.25) is 5.91 Å². The van der Waals surface area contributed by atoms with Crippen molar-refractivity contribution in [1.82, 2.24) is 15.2 Å². The number of fused-ring (bicyclic) bond motifs is 1. The number of benzene rings is 2. The topological polar surface area (TPSA) is 82.2 Å². The maximum Gasteiger partial charge on any atom is 0.225 e. The first-order valence-electron chi connectivity index (χ1n) is 13.1. The van der Waals surface area contributed by atoms with Gasteiger partial charge in [-0.2, -0.15) is 0 Å². The van der Waals surface area contributed by atoms with Gasteiger partial charge in [-0.15, -0.1) is 0 Å². The van der Waals surface area contributed by atoms with Crippen LogP contribution in [0.4, 0.5) is 0 Å². The Morgan fingerprint density at radius 2 is 1.95 bits per heavy atom. The largest absolute Gasteiger partial charge is 0.493 e. The van der Waals surface area contributed by atoms with Crippen molar-refractivity contribution in [2.24, 2.45) is 5.41 Å². The number of amides is 1. The summed E-state index contributed by atoms with van der Waals surface area (Å²) in [5.74, 6) is 2.63. The Labute approximate surface area is 223 Å². The van der Waals surface area contributed by atoms with Crippen molar-refractivity contribution in [1.29, 1.82) is 0 Å². The lowest BCUT2D eigenvalue weighted by atomic mass is 9.77. The lowest BCUT2D eigenvalue weighted by Gasteiger charge is -2.47. The van der Waals surface area contributed by atoms with E-state index < -0.39 is 0 Å². The molecule has 0 aliphatic carbocycles. The minimum Gasteiger partial charge on any atom is -0.493 e. The lowest BCUT2D eigenvalue weighted by molar-refractivity contribution is -0.153. The summed E-state index contributed by atoms with van der Waals surface area (Å²) in [5.41, 5.74) is 3.13. The molecule has 38 heavy (non-hydrogen) atoms. The lowest BCUT2D eigenvalue weighted by Crippen LogP contribution is -2.52. The molecule has 3 heterocycles. The Morgan fingerprint density at radius 1 is 1.13 bits per heavy atom. The number of methoxy groups -OCH3 is 1. The highest BCUT2D eigenvalue weighted by Gasteiger charge is 2.41. The van der Waals surface area contributed by atoms with Gasteiger partial charge >= 0.3 is 0 Å². The summed E-state index contributed by atoms with van der Waals surface area (Å²) in [6.07, 6.45) is 6.12. The van der Waals surface area contributed by atoms with E-state index in [1.54, 1.807) is 13.3 Å². The maximum absolute atomic E-state index is 12.7. The van der Waals surface area contributed by atoms with E-state index in [1.165, 1.54) is 0 Å². The number of pyridine rings is 1. The van der Waals surface area contributed by atoms with E-state index in [0.29, 0.717) is 29.1 Å². The molecule has 200 valence electrons. The Morgan fingerprint density at radius 3 is 2.66 bits per heavy atom. The van der Waals surface area contributed by atoms with Gasteiger partial charge in [-0.05, 0) is 55.7 Å². The molecule has 8 heteroatoms. The summed E-state index contributed by atoms with van der Waals surface area (Å²) in [7, 11) is 3.50. The number of likely N-dealkylation sites (tertiary alicyclic amines) is 1. The quantitative estimate of drug-likeness (QED) is 0.427. The molecule has 2 aliphatic heterocycles. The minimum atomic E-state index is 0.121. The zero-order valence-electron chi connectivity index (χ0n) is 22.3. The number of nitrogens with one attached hydrogen (secondary N) is 1. The molecule has 0 radical (unpaired) electrons. The van der Waals surface area contributed by atoms with E-state index in [1.807, 2.05) is 61.3 Å². The highest BCUT2D eigenvalue weighted by Crippen LogP contribution is 2.39. The van der Waals surface area contributed by atoms with Crippen LogP contribution in [0.25, 0.3) is 17.0 Å². The van der Waals surface area contributed by atoms with Crippen molar-refractivity contribution in [3.8, 4) is 23.0 Å². The van der Waals surface area contributed by atoms with Crippen LogP contribution in [-0.4, -0.2) is 62.9 Å². The SMILES string of the molecule is CN/C(C)=C\c1cccc(Oc2ccnc3cc(OCCC(=O)N4CCC5(CC4)COC5)c(OC)cc23)c1. The first kappa shape index (κ1) is 25.9. The molecule has 0 bridgehead atoms. The number of carbonyl (C=O) groups excluding carboxylic acids is 1. The van der Waals surface area contributed by atoms with Crippen LogP contribution in [0.3, 0.4) is 0 Å². The summed E-state index contributed by atoms with van der Waals surface area (Å²) >= 11 is 0. The normalized spacial score (nSPS) is 16.7. The average Bonchev–Trinajstić information content (AvgIpc) is 2.92. The fourth-order valence-corrected chi connectivity index (χ4v) is 4.92. The number of hydrogen-bond acceptors (Lipinski definition) is 7. The van der Waals surface area contributed by atoms with Crippen LogP contribution >= 0.6 is 0 Å². The zero-order valence-corrected chi connectivity index (χ0v) is 22.3. The van der Waals surface area contributed by atoms with Crippen LogP contribution in [0.1, 0.15) is 31.7 Å². The fourth-order valence-electron chi connectivity index (χ4n) is 4.92. The summed E-state index contributed by atoms with van der Waals surface area (Å²) in [6.45, 7) is 5.54. The van der Waals surface area contributed by atoms with Crippen LogP contribution in [0.15, 0.2) is 54.4 Å². The third-order valence-corrected chi connectivity index (χ3v) is 7.42. The average molecular weight is 518 g/mol. The number of piperidine rings is 1. The van der Waals surface area contributed by atoms with Gasteiger partial charge in [0, 0.05) is 48.9 Å². The molecule has 1 spiro atoms. The molecule has 0 atom stereocenters. The van der Waals surface area contributed by atoms with Gasteiger partial charge < -0.3 is 29.2 Å². The van der Waals surface area contributed by atoms with Gasteiger partial charge in [0.1, 0.15) is 11.5 Å². The predicted octanol–water partition coefficient (Wildman–Crippen LogP) is 5.02. The van der Waals surface area contributed by atoms with E-state index in [2.05, 4.69) is 16.4 Å². The number of nitrogens with zero attached hydrogens (tertiary/aromatic N) is 2. The number of aromatic nitrogens is 1. The van der Waals surface area contributed by atoms with Crippen molar-refractivity contribution in [3.63, 3.8) is 0 Å². The molecule has 3 aromatic rings.